The molecule has 0 heterocycles. The largest absolute Gasteiger partial charge is 0.401 e. The number of hydrogen-bond acceptors (Lipinski definition) is 3. The third kappa shape index (κ3) is 2.02. The molecule has 0 saturated carbocycles. The predicted molar refractivity (Wildman–Crippen MR) is 39.3 cm³/mol. The normalized spacial score (nSPS) is 12.9. The van der Waals surface area contributed by atoms with Crippen molar-refractivity contribution in [2.45, 2.75) is 13.8 Å². The minimum absolute atomic E-state index is 0.410. The quantitative estimate of drug-likeness (QED) is 0.362. The van der Waals surface area contributed by atoms with Crippen LogP contribution in [0.15, 0.2) is 10.6 Å². The Morgan fingerprint density at radius 1 is 1.50 bits per heavy atom. The predicted octanol–water partition coefficient (Wildman–Crippen LogP) is 1.15. The van der Waals surface area contributed by atoms with Gasteiger partial charge in [0.15, 0.2) is 0 Å². The highest BCUT2D eigenvalue weighted by atomic mass is 32.1. The molecule has 0 atom stereocenters. The van der Waals surface area contributed by atoms with Gasteiger partial charge in [-0.05, 0) is 13.8 Å². The number of hydrogen-bond donors (Lipinski definition) is 3. The molecule has 0 radical (unpaired) electrons. The molecule has 8 heavy (non-hydrogen) atoms. The van der Waals surface area contributed by atoms with E-state index in [1.165, 1.54) is 0 Å². The average molecular weight is 130 g/mol. The molecule has 0 fully saturated rings. The Labute approximate surface area is 54.7 Å². The Kier molecular flexibility index (Phi) is 2.62. The minimum Gasteiger partial charge on any atom is -0.401 e. The molecule has 0 unspecified atom stereocenters. The van der Waals surface area contributed by atoms with Crippen molar-refractivity contribution in [2.75, 3.05) is 0 Å². The first-order valence-electron chi connectivity index (χ1n) is 2.26. The lowest BCUT2D eigenvalue weighted by Crippen LogP contribution is -1.99. The zero-order valence-electron chi connectivity index (χ0n) is 5.02. The van der Waals surface area contributed by atoms with Crippen molar-refractivity contribution >= 4 is 18.3 Å². The molecule has 0 bridgehead atoms. The highest BCUT2D eigenvalue weighted by Crippen LogP contribution is 2.03. The molecule has 3 N–H and O–H groups in total. The summed E-state index contributed by atoms with van der Waals surface area (Å²) in [6, 6.07) is 0. The van der Waals surface area contributed by atoms with Crippen molar-refractivity contribution in [3.05, 3.63) is 10.6 Å². The molecular formula is C5H10N2S. The summed E-state index contributed by atoms with van der Waals surface area (Å²) in [5, 5.41) is 7.02. The molecular weight excluding hydrogens is 120 g/mol. The molecule has 0 rings (SSSR count). The van der Waals surface area contributed by atoms with Crippen LogP contribution in [0.1, 0.15) is 13.8 Å². The second-order valence-corrected chi connectivity index (χ2v) is 2.10. The summed E-state index contributed by atoms with van der Waals surface area (Å²) in [7, 11) is 0. The van der Waals surface area contributed by atoms with Crippen molar-refractivity contribution in [2.24, 2.45) is 5.73 Å². The lowest BCUT2D eigenvalue weighted by molar-refractivity contribution is 1.30. The monoisotopic (exact) mass is 130 g/mol. The zero-order valence-corrected chi connectivity index (χ0v) is 5.92. The van der Waals surface area contributed by atoms with Crippen LogP contribution in [0.5, 0.6) is 0 Å². The molecule has 2 nitrogen and oxygen atoms in total. The van der Waals surface area contributed by atoms with Crippen LogP contribution in [-0.4, -0.2) is 5.71 Å². The summed E-state index contributed by atoms with van der Waals surface area (Å²) >= 11 is 3.95. The molecule has 0 spiro atoms. The summed E-state index contributed by atoms with van der Waals surface area (Å²) in [6.07, 6.45) is 0. The van der Waals surface area contributed by atoms with Gasteiger partial charge in [-0.15, -0.1) is 12.6 Å². The highest BCUT2D eigenvalue weighted by Gasteiger charge is 1.93. The first-order valence-corrected chi connectivity index (χ1v) is 2.71. The van der Waals surface area contributed by atoms with Crippen molar-refractivity contribution in [3.8, 4) is 0 Å². The van der Waals surface area contributed by atoms with Crippen LogP contribution >= 0.6 is 12.6 Å². The molecule has 0 aliphatic heterocycles. The van der Waals surface area contributed by atoms with Crippen LogP contribution in [0.2, 0.25) is 0 Å². The fourth-order valence-electron chi connectivity index (χ4n) is 0.296. The van der Waals surface area contributed by atoms with Crippen LogP contribution in [-0.2, 0) is 0 Å². The third-order valence-corrected chi connectivity index (χ3v) is 1.42. The summed E-state index contributed by atoms with van der Waals surface area (Å²) < 4.78 is 0. The summed E-state index contributed by atoms with van der Waals surface area (Å²) in [6.45, 7) is 3.37. The Balaban J connectivity index is 4.23. The number of rotatable bonds is 1. The summed E-state index contributed by atoms with van der Waals surface area (Å²) in [4.78, 5) is 0.574. The molecule has 0 aromatic heterocycles. The molecule has 3 heteroatoms. The van der Waals surface area contributed by atoms with E-state index in [4.69, 9.17) is 11.1 Å². The van der Waals surface area contributed by atoms with Gasteiger partial charge in [0, 0.05) is 16.3 Å². The molecule has 0 amide bonds. The number of allylic oxidation sites excluding steroid dienone is 2. The van der Waals surface area contributed by atoms with Gasteiger partial charge in [-0.25, -0.2) is 0 Å². The molecule has 0 aromatic rings. The van der Waals surface area contributed by atoms with Gasteiger partial charge in [-0.1, -0.05) is 0 Å². The minimum atomic E-state index is 0.410. The van der Waals surface area contributed by atoms with Gasteiger partial charge >= 0.3 is 0 Å². The van der Waals surface area contributed by atoms with E-state index >= 15 is 0 Å². The number of thiol groups is 1. The fourth-order valence-corrected chi connectivity index (χ4v) is 0.296. The maximum absolute atomic E-state index is 7.02. The zero-order chi connectivity index (χ0) is 6.73. The number of nitrogens with one attached hydrogen (secondary N) is 1. The van der Waals surface area contributed by atoms with E-state index in [1.807, 2.05) is 0 Å². The van der Waals surface area contributed by atoms with Crippen LogP contribution < -0.4 is 5.73 Å². The van der Waals surface area contributed by atoms with Crippen LogP contribution in [0.3, 0.4) is 0 Å². The number of nitrogens with two attached hydrogens (primary N) is 1. The van der Waals surface area contributed by atoms with Gasteiger partial charge in [-0.3, -0.25) is 0 Å². The highest BCUT2D eigenvalue weighted by molar-refractivity contribution is 7.85. The third-order valence-electron chi connectivity index (χ3n) is 0.729. The van der Waals surface area contributed by atoms with Gasteiger partial charge < -0.3 is 11.1 Å². The summed E-state index contributed by atoms with van der Waals surface area (Å²) in [5.74, 6) is 0. The summed E-state index contributed by atoms with van der Waals surface area (Å²) in [5.41, 5.74) is 6.31. The Morgan fingerprint density at radius 3 is 1.88 bits per heavy atom. The van der Waals surface area contributed by atoms with Gasteiger partial charge in [0.25, 0.3) is 0 Å². The van der Waals surface area contributed by atoms with E-state index in [1.54, 1.807) is 13.8 Å². The van der Waals surface area contributed by atoms with Crippen LogP contribution in [0, 0.1) is 5.41 Å². The lowest BCUT2D eigenvalue weighted by atomic mass is 10.3. The maximum atomic E-state index is 7.02. The van der Waals surface area contributed by atoms with Gasteiger partial charge in [0.1, 0.15) is 0 Å². The second kappa shape index (κ2) is 2.77. The lowest BCUT2D eigenvalue weighted by Gasteiger charge is -1.96. The molecule has 0 saturated heterocycles. The fraction of sp³-hybridized carbons (Fsp3) is 0.400. The van der Waals surface area contributed by atoms with E-state index in [0.29, 0.717) is 16.3 Å². The standard InChI is InChI=1S/C5H10N2S/c1-3(6)5(8)4(2)7/h6,8H,7H2,1-2H3/b5-4+,6-3?. The first kappa shape index (κ1) is 7.56. The van der Waals surface area contributed by atoms with Crippen molar-refractivity contribution in [3.63, 3.8) is 0 Å². The van der Waals surface area contributed by atoms with E-state index in [0.717, 1.165) is 0 Å². The smallest absolute Gasteiger partial charge is 0.0433 e. The van der Waals surface area contributed by atoms with Gasteiger partial charge in [0.05, 0.1) is 0 Å². The van der Waals surface area contributed by atoms with E-state index in [-0.39, 0.29) is 0 Å². The molecule has 0 aromatic carbocycles. The van der Waals surface area contributed by atoms with E-state index < -0.39 is 0 Å². The van der Waals surface area contributed by atoms with E-state index in [9.17, 15) is 0 Å². The van der Waals surface area contributed by atoms with Gasteiger partial charge in [0.2, 0.25) is 0 Å². The van der Waals surface area contributed by atoms with Crippen molar-refractivity contribution < 1.29 is 0 Å². The first-order chi connectivity index (χ1) is 3.55. The van der Waals surface area contributed by atoms with Gasteiger partial charge in [-0.2, -0.15) is 0 Å². The Bertz CT molecular complexity index is 133. The molecule has 0 aliphatic carbocycles. The second-order valence-electron chi connectivity index (χ2n) is 1.66. The van der Waals surface area contributed by atoms with Crippen LogP contribution in [0.25, 0.3) is 0 Å². The topological polar surface area (TPSA) is 49.9 Å². The Morgan fingerprint density at radius 2 is 1.88 bits per heavy atom. The Hall–Kier alpha value is -0.440. The van der Waals surface area contributed by atoms with E-state index in [2.05, 4.69) is 12.6 Å². The van der Waals surface area contributed by atoms with Crippen molar-refractivity contribution in [1.29, 1.82) is 5.41 Å². The van der Waals surface area contributed by atoms with Crippen molar-refractivity contribution in [1.82, 2.24) is 0 Å². The molecule has 0 aliphatic rings. The van der Waals surface area contributed by atoms with Crippen LogP contribution in [0.4, 0.5) is 0 Å². The maximum Gasteiger partial charge on any atom is 0.0433 e. The SMILES string of the molecule is CC(=N)/C(S)=C(/C)N. The average Bonchev–Trinajstić information content (AvgIpc) is 1.64. The molecule has 46 valence electrons.